The van der Waals surface area contributed by atoms with E-state index in [4.69, 9.17) is 9.59 Å². The van der Waals surface area contributed by atoms with Gasteiger partial charge in [-0.05, 0) is 18.2 Å². The summed E-state index contributed by atoms with van der Waals surface area (Å²) in [7, 11) is -4.14. The number of ketones is 1. The summed E-state index contributed by atoms with van der Waals surface area (Å²) in [5.74, 6) is -0.335. The van der Waals surface area contributed by atoms with Crippen molar-refractivity contribution in [3.63, 3.8) is 0 Å². The van der Waals surface area contributed by atoms with Crippen molar-refractivity contribution in [3.8, 4) is 5.75 Å². The highest BCUT2D eigenvalue weighted by Gasteiger charge is 2.31. The summed E-state index contributed by atoms with van der Waals surface area (Å²) in [4.78, 5) is 11.8. The van der Waals surface area contributed by atoms with Crippen LogP contribution in [0.5, 0.6) is 5.75 Å². The SMILES string of the molecule is N=C1C=C(S(=O)(=O)Oc2ccccc2)c2ccccc2C1=O. The number of nitrogens with one attached hydrogen (secondary N) is 1. The zero-order chi connectivity index (χ0) is 15.7. The minimum Gasteiger partial charge on any atom is -0.379 e. The average molecular weight is 313 g/mol. The molecule has 110 valence electrons. The minimum atomic E-state index is -4.14. The number of fused-ring (bicyclic) bond motifs is 1. The number of carbonyl (C=O) groups excluding carboxylic acids is 1. The zero-order valence-corrected chi connectivity index (χ0v) is 12.1. The van der Waals surface area contributed by atoms with Gasteiger partial charge in [-0.2, -0.15) is 8.42 Å². The number of Topliss-reactive ketones (excluding diaryl/α,β-unsaturated/α-hetero) is 1. The summed E-state index contributed by atoms with van der Waals surface area (Å²) in [6.45, 7) is 0. The number of rotatable bonds is 3. The van der Waals surface area contributed by atoms with Gasteiger partial charge >= 0.3 is 10.1 Å². The standard InChI is InChI=1S/C16H11NO4S/c17-14-10-15(12-8-4-5-9-13(12)16(14)18)22(19,20)21-11-6-2-1-3-7-11/h1-10,17H. The van der Waals surface area contributed by atoms with Crippen molar-refractivity contribution < 1.29 is 17.4 Å². The highest BCUT2D eigenvalue weighted by Crippen LogP contribution is 2.31. The molecular formula is C16H11NO4S. The molecule has 1 aliphatic carbocycles. The molecule has 1 N–H and O–H groups in total. The van der Waals surface area contributed by atoms with Crippen molar-refractivity contribution in [1.29, 1.82) is 5.41 Å². The van der Waals surface area contributed by atoms with Crippen LogP contribution in [0.25, 0.3) is 4.91 Å². The average Bonchev–Trinajstić information content (AvgIpc) is 2.51. The van der Waals surface area contributed by atoms with E-state index < -0.39 is 15.9 Å². The van der Waals surface area contributed by atoms with E-state index in [0.717, 1.165) is 6.08 Å². The maximum Gasteiger partial charge on any atom is 0.339 e. The van der Waals surface area contributed by atoms with Crippen LogP contribution in [0.2, 0.25) is 0 Å². The van der Waals surface area contributed by atoms with Crippen LogP contribution in [-0.2, 0) is 10.1 Å². The normalized spacial score (nSPS) is 14.3. The maximum absolute atomic E-state index is 12.5. The molecule has 0 saturated heterocycles. The van der Waals surface area contributed by atoms with Gasteiger partial charge in [-0.3, -0.25) is 10.2 Å². The Balaban J connectivity index is 2.09. The van der Waals surface area contributed by atoms with Crippen LogP contribution >= 0.6 is 0 Å². The highest BCUT2D eigenvalue weighted by molar-refractivity contribution is 7.96. The van der Waals surface area contributed by atoms with Crippen molar-refractivity contribution in [2.24, 2.45) is 0 Å². The molecule has 0 aliphatic heterocycles. The van der Waals surface area contributed by atoms with Gasteiger partial charge in [0.1, 0.15) is 16.4 Å². The molecule has 0 heterocycles. The van der Waals surface area contributed by atoms with Crippen molar-refractivity contribution in [1.82, 2.24) is 0 Å². The predicted octanol–water partition coefficient (Wildman–Crippen LogP) is 2.65. The van der Waals surface area contributed by atoms with Gasteiger partial charge in [0.2, 0.25) is 5.78 Å². The van der Waals surface area contributed by atoms with Gasteiger partial charge in [0.05, 0.1) is 0 Å². The summed E-state index contributed by atoms with van der Waals surface area (Å²) in [5.41, 5.74) is 0.0543. The van der Waals surface area contributed by atoms with Crippen molar-refractivity contribution in [2.45, 2.75) is 0 Å². The number of hydrogen-bond donors (Lipinski definition) is 1. The summed E-state index contributed by atoms with van der Waals surface area (Å²) >= 11 is 0. The van der Waals surface area contributed by atoms with Gasteiger partial charge in [0, 0.05) is 11.1 Å². The van der Waals surface area contributed by atoms with E-state index in [1.165, 1.54) is 24.3 Å². The van der Waals surface area contributed by atoms with Crippen LogP contribution in [0.3, 0.4) is 0 Å². The molecule has 3 rings (SSSR count). The Bertz CT molecular complexity index is 899. The van der Waals surface area contributed by atoms with Gasteiger partial charge in [-0.15, -0.1) is 0 Å². The molecule has 5 nitrogen and oxygen atoms in total. The van der Waals surface area contributed by atoms with E-state index in [1.807, 2.05) is 0 Å². The van der Waals surface area contributed by atoms with Crippen molar-refractivity contribution in [3.05, 3.63) is 71.8 Å². The topological polar surface area (TPSA) is 84.3 Å². The van der Waals surface area contributed by atoms with Crippen LogP contribution in [0.15, 0.2) is 60.7 Å². The molecule has 2 aromatic carbocycles. The number of benzene rings is 2. The first-order valence-corrected chi connectivity index (χ1v) is 7.84. The first-order chi connectivity index (χ1) is 10.5. The first kappa shape index (κ1) is 14.2. The molecule has 0 atom stereocenters. The lowest BCUT2D eigenvalue weighted by molar-refractivity contribution is 0.106. The number of allylic oxidation sites excluding steroid dienone is 1. The van der Waals surface area contributed by atoms with Gasteiger partial charge < -0.3 is 4.18 Å². The van der Waals surface area contributed by atoms with E-state index in [9.17, 15) is 13.2 Å². The molecule has 6 heteroatoms. The molecule has 0 amide bonds. The second-order valence-electron chi connectivity index (χ2n) is 4.65. The largest absolute Gasteiger partial charge is 0.379 e. The third-order valence-corrected chi connectivity index (χ3v) is 4.46. The van der Waals surface area contributed by atoms with Crippen LogP contribution in [0, 0.1) is 5.41 Å². The highest BCUT2D eigenvalue weighted by atomic mass is 32.2. The molecule has 0 radical (unpaired) electrons. The van der Waals surface area contributed by atoms with E-state index in [0.29, 0.717) is 0 Å². The second-order valence-corrected chi connectivity index (χ2v) is 6.16. The molecule has 0 unspecified atom stereocenters. The fraction of sp³-hybridized carbons (Fsp3) is 0. The smallest absolute Gasteiger partial charge is 0.339 e. The summed E-state index contributed by atoms with van der Waals surface area (Å²) in [6, 6.07) is 14.4. The van der Waals surface area contributed by atoms with Gasteiger partial charge in [-0.1, -0.05) is 42.5 Å². The second kappa shape index (κ2) is 5.23. The van der Waals surface area contributed by atoms with E-state index in [1.54, 1.807) is 30.3 Å². The third-order valence-electron chi connectivity index (χ3n) is 3.18. The Morgan fingerprint density at radius 2 is 1.45 bits per heavy atom. The maximum atomic E-state index is 12.5. The number of para-hydroxylation sites is 1. The Morgan fingerprint density at radius 3 is 2.14 bits per heavy atom. The summed E-state index contributed by atoms with van der Waals surface area (Å²) < 4.78 is 30.0. The van der Waals surface area contributed by atoms with Gasteiger partial charge in [-0.25, -0.2) is 0 Å². The number of hydrogen-bond acceptors (Lipinski definition) is 5. The first-order valence-electron chi connectivity index (χ1n) is 6.43. The lowest BCUT2D eigenvalue weighted by Gasteiger charge is -2.17. The molecular weight excluding hydrogens is 302 g/mol. The van der Waals surface area contributed by atoms with E-state index in [-0.39, 0.29) is 27.5 Å². The lowest BCUT2D eigenvalue weighted by Crippen LogP contribution is -2.23. The van der Waals surface area contributed by atoms with Crippen molar-refractivity contribution in [2.75, 3.05) is 0 Å². The molecule has 22 heavy (non-hydrogen) atoms. The fourth-order valence-corrected chi connectivity index (χ4v) is 3.33. The Kier molecular flexibility index (Phi) is 3.38. The van der Waals surface area contributed by atoms with Crippen LogP contribution in [0.1, 0.15) is 15.9 Å². The van der Waals surface area contributed by atoms with Crippen molar-refractivity contribution >= 4 is 26.5 Å². The minimum absolute atomic E-state index is 0.171. The zero-order valence-electron chi connectivity index (χ0n) is 11.3. The lowest BCUT2D eigenvalue weighted by atomic mass is 9.95. The number of carbonyl (C=O) groups is 1. The summed E-state index contributed by atoms with van der Waals surface area (Å²) in [6.07, 6.45) is 1.03. The van der Waals surface area contributed by atoms with Crippen LogP contribution < -0.4 is 4.18 Å². The monoisotopic (exact) mass is 313 g/mol. The van der Waals surface area contributed by atoms with Crippen LogP contribution in [-0.4, -0.2) is 19.9 Å². The molecule has 2 aromatic rings. The molecule has 1 aliphatic rings. The predicted molar refractivity (Wildman–Crippen MR) is 82.5 cm³/mol. The van der Waals surface area contributed by atoms with E-state index >= 15 is 0 Å². The van der Waals surface area contributed by atoms with Gasteiger partial charge in [0.25, 0.3) is 0 Å². The van der Waals surface area contributed by atoms with Crippen LogP contribution in [0.4, 0.5) is 0 Å². The molecule has 0 aromatic heterocycles. The fourth-order valence-electron chi connectivity index (χ4n) is 2.17. The molecule has 0 bridgehead atoms. The molecule has 0 fully saturated rings. The Morgan fingerprint density at radius 1 is 0.864 bits per heavy atom. The Labute approximate surface area is 127 Å². The third kappa shape index (κ3) is 2.44. The molecule has 0 saturated carbocycles. The quantitative estimate of drug-likeness (QED) is 0.883. The Hall–Kier alpha value is -2.73. The van der Waals surface area contributed by atoms with E-state index in [2.05, 4.69) is 0 Å². The summed E-state index contributed by atoms with van der Waals surface area (Å²) in [5, 5.41) is 7.67. The van der Waals surface area contributed by atoms with Gasteiger partial charge in [0.15, 0.2) is 0 Å². The molecule has 0 spiro atoms.